The minimum atomic E-state index is -0.707. The van der Waals surface area contributed by atoms with Gasteiger partial charge in [-0.2, -0.15) is 0 Å². The SMILES string of the molecule is O=C(COc1cccc([N+](=O)[O-])c1)N1CC(O)(C2CC2)C1. The Hall–Kier alpha value is -2.15. The molecule has 1 heterocycles. The van der Waals surface area contributed by atoms with E-state index in [2.05, 4.69) is 0 Å². The molecule has 0 aromatic heterocycles. The normalized spacial score (nSPS) is 19.8. The lowest BCUT2D eigenvalue weighted by atomic mass is 9.89. The number of non-ortho nitro benzene ring substituents is 1. The number of ether oxygens (including phenoxy) is 1. The van der Waals surface area contributed by atoms with Crippen LogP contribution in [0.25, 0.3) is 0 Å². The van der Waals surface area contributed by atoms with E-state index >= 15 is 0 Å². The highest BCUT2D eigenvalue weighted by molar-refractivity contribution is 5.79. The van der Waals surface area contributed by atoms with Gasteiger partial charge in [-0.05, 0) is 24.8 Å². The lowest BCUT2D eigenvalue weighted by Gasteiger charge is -2.46. The Morgan fingerprint density at radius 1 is 1.48 bits per heavy atom. The Balaban J connectivity index is 1.50. The molecule has 0 atom stereocenters. The molecule has 0 spiro atoms. The minimum absolute atomic E-state index is 0.0768. The molecular formula is C14H16N2O5. The number of aliphatic hydroxyl groups is 1. The summed E-state index contributed by atoms with van der Waals surface area (Å²) in [6, 6.07) is 5.72. The van der Waals surface area contributed by atoms with Gasteiger partial charge in [-0.15, -0.1) is 0 Å². The molecule has 1 saturated carbocycles. The van der Waals surface area contributed by atoms with E-state index in [1.165, 1.54) is 18.2 Å². The smallest absolute Gasteiger partial charge is 0.273 e. The quantitative estimate of drug-likeness (QED) is 0.644. The molecule has 1 aromatic rings. The van der Waals surface area contributed by atoms with Crippen LogP contribution in [-0.2, 0) is 4.79 Å². The first-order chi connectivity index (χ1) is 9.98. The fourth-order valence-corrected chi connectivity index (χ4v) is 2.59. The molecule has 112 valence electrons. The van der Waals surface area contributed by atoms with Crippen molar-refractivity contribution in [3.63, 3.8) is 0 Å². The van der Waals surface area contributed by atoms with Crippen LogP contribution in [0, 0.1) is 16.0 Å². The summed E-state index contributed by atoms with van der Waals surface area (Å²) < 4.78 is 5.28. The molecule has 1 aromatic carbocycles. The number of rotatable bonds is 5. The van der Waals surface area contributed by atoms with Gasteiger partial charge in [0.1, 0.15) is 11.4 Å². The van der Waals surface area contributed by atoms with Gasteiger partial charge in [0.15, 0.2) is 6.61 Å². The summed E-state index contributed by atoms with van der Waals surface area (Å²) in [6.07, 6.45) is 2.06. The van der Waals surface area contributed by atoms with E-state index < -0.39 is 10.5 Å². The van der Waals surface area contributed by atoms with Crippen molar-refractivity contribution in [2.24, 2.45) is 5.92 Å². The Morgan fingerprint density at radius 3 is 2.81 bits per heavy atom. The monoisotopic (exact) mass is 292 g/mol. The highest BCUT2D eigenvalue weighted by atomic mass is 16.6. The van der Waals surface area contributed by atoms with Crippen LogP contribution < -0.4 is 4.74 Å². The molecule has 1 aliphatic carbocycles. The molecule has 7 nitrogen and oxygen atoms in total. The zero-order valence-corrected chi connectivity index (χ0v) is 11.4. The van der Waals surface area contributed by atoms with Crippen molar-refractivity contribution in [1.29, 1.82) is 0 Å². The van der Waals surface area contributed by atoms with E-state index in [0.29, 0.717) is 19.0 Å². The first kappa shape index (κ1) is 13.8. The maximum atomic E-state index is 11.9. The van der Waals surface area contributed by atoms with Crippen LogP contribution in [0.15, 0.2) is 24.3 Å². The average Bonchev–Trinajstić information content (AvgIpc) is 3.26. The number of hydrogen-bond donors (Lipinski definition) is 1. The number of nitrogens with zero attached hydrogens (tertiary/aromatic N) is 2. The van der Waals surface area contributed by atoms with Gasteiger partial charge in [-0.25, -0.2) is 0 Å². The van der Waals surface area contributed by atoms with Crippen molar-refractivity contribution in [2.75, 3.05) is 19.7 Å². The number of amides is 1. The molecule has 1 aliphatic heterocycles. The molecule has 0 bridgehead atoms. The van der Waals surface area contributed by atoms with Crippen LogP contribution in [0.4, 0.5) is 5.69 Å². The fourth-order valence-electron chi connectivity index (χ4n) is 2.59. The summed E-state index contributed by atoms with van der Waals surface area (Å²) in [5.41, 5.74) is -0.784. The Labute approximate surface area is 121 Å². The van der Waals surface area contributed by atoms with Gasteiger partial charge in [0.2, 0.25) is 0 Å². The van der Waals surface area contributed by atoms with Gasteiger partial charge < -0.3 is 14.7 Å². The summed E-state index contributed by atoms with van der Waals surface area (Å²) in [6.45, 7) is 0.533. The van der Waals surface area contributed by atoms with Gasteiger partial charge in [0.05, 0.1) is 24.1 Å². The lowest BCUT2D eigenvalue weighted by molar-refractivity contribution is -0.384. The second-order valence-corrected chi connectivity index (χ2v) is 5.67. The van der Waals surface area contributed by atoms with Crippen molar-refractivity contribution in [2.45, 2.75) is 18.4 Å². The van der Waals surface area contributed by atoms with E-state index in [0.717, 1.165) is 12.8 Å². The van der Waals surface area contributed by atoms with E-state index in [1.807, 2.05) is 0 Å². The summed E-state index contributed by atoms with van der Waals surface area (Å²) in [7, 11) is 0. The molecule has 0 unspecified atom stereocenters. The zero-order chi connectivity index (χ0) is 15.0. The van der Waals surface area contributed by atoms with Crippen LogP contribution in [0.3, 0.4) is 0 Å². The fraction of sp³-hybridized carbons (Fsp3) is 0.500. The van der Waals surface area contributed by atoms with Crippen LogP contribution in [0.1, 0.15) is 12.8 Å². The minimum Gasteiger partial charge on any atom is -0.484 e. The highest BCUT2D eigenvalue weighted by Crippen LogP contribution is 2.44. The van der Waals surface area contributed by atoms with E-state index in [-0.39, 0.29) is 24.0 Å². The number of likely N-dealkylation sites (tertiary alicyclic amines) is 1. The highest BCUT2D eigenvalue weighted by Gasteiger charge is 2.53. The maximum Gasteiger partial charge on any atom is 0.273 e. The molecule has 7 heteroatoms. The number of nitro benzene ring substituents is 1. The zero-order valence-electron chi connectivity index (χ0n) is 11.4. The largest absolute Gasteiger partial charge is 0.484 e. The van der Waals surface area contributed by atoms with Crippen molar-refractivity contribution in [3.05, 3.63) is 34.4 Å². The Kier molecular flexibility index (Phi) is 3.29. The van der Waals surface area contributed by atoms with E-state index in [9.17, 15) is 20.0 Å². The molecule has 1 N–H and O–H groups in total. The Morgan fingerprint density at radius 2 is 2.19 bits per heavy atom. The number of β-amino-alcohol motifs (C(OH)–C–C–N with tert-alkyl or cyclic N) is 1. The third kappa shape index (κ3) is 2.82. The van der Waals surface area contributed by atoms with Crippen LogP contribution >= 0.6 is 0 Å². The molecule has 1 saturated heterocycles. The summed E-state index contributed by atoms with van der Waals surface area (Å²) in [5, 5.41) is 20.8. The molecule has 0 radical (unpaired) electrons. The van der Waals surface area contributed by atoms with Crippen LogP contribution in [0.5, 0.6) is 5.75 Å². The van der Waals surface area contributed by atoms with Crippen LogP contribution in [-0.4, -0.2) is 46.1 Å². The molecule has 2 fully saturated rings. The van der Waals surface area contributed by atoms with E-state index in [1.54, 1.807) is 11.0 Å². The number of carbonyl (C=O) groups is 1. The van der Waals surface area contributed by atoms with Crippen molar-refractivity contribution >= 4 is 11.6 Å². The van der Waals surface area contributed by atoms with Gasteiger partial charge in [0.25, 0.3) is 11.6 Å². The first-order valence-corrected chi connectivity index (χ1v) is 6.85. The van der Waals surface area contributed by atoms with Gasteiger partial charge in [0, 0.05) is 6.07 Å². The van der Waals surface area contributed by atoms with Crippen molar-refractivity contribution < 1.29 is 19.6 Å². The topological polar surface area (TPSA) is 92.9 Å². The van der Waals surface area contributed by atoms with Crippen molar-refractivity contribution in [3.8, 4) is 5.75 Å². The summed E-state index contributed by atoms with van der Waals surface area (Å²) in [4.78, 5) is 23.6. The molecule has 1 amide bonds. The third-order valence-corrected chi connectivity index (χ3v) is 4.01. The second kappa shape index (κ2) is 5.00. The number of nitro groups is 1. The molecule has 21 heavy (non-hydrogen) atoms. The van der Waals surface area contributed by atoms with Gasteiger partial charge >= 0.3 is 0 Å². The predicted molar refractivity (Wildman–Crippen MR) is 72.8 cm³/mol. The number of carbonyl (C=O) groups excluding carboxylic acids is 1. The number of benzene rings is 1. The van der Waals surface area contributed by atoms with Gasteiger partial charge in [-0.1, -0.05) is 6.07 Å². The molecule has 3 rings (SSSR count). The lowest BCUT2D eigenvalue weighted by Crippen LogP contribution is -2.65. The predicted octanol–water partition coefficient (Wildman–Crippen LogP) is 0.957. The molecular weight excluding hydrogens is 276 g/mol. The second-order valence-electron chi connectivity index (χ2n) is 5.67. The summed E-state index contributed by atoms with van der Waals surface area (Å²) >= 11 is 0. The first-order valence-electron chi connectivity index (χ1n) is 6.85. The van der Waals surface area contributed by atoms with Crippen molar-refractivity contribution in [1.82, 2.24) is 4.90 Å². The maximum absolute atomic E-state index is 11.9. The average molecular weight is 292 g/mol. The van der Waals surface area contributed by atoms with Crippen LogP contribution in [0.2, 0.25) is 0 Å². The van der Waals surface area contributed by atoms with E-state index in [4.69, 9.17) is 4.74 Å². The third-order valence-electron chi connectivity index (χ3n) is 4.01. The van der Waals surface area contributed by atoms with Gasteiger partial charge in [-0.3, -0.25) is 14.9 Å². The molecule has 2 aliphatic rings. The standard InChI is InChI=1S/C14H16N2O5/c17-13(15-8-14(18,9-15)10-4-5-10)7-21-12-3-1-2-11(6-12)16(19)20/h1-3,6,10,18H,4-5,7-9H2. The summed E-state index contributed by atoms with van der Waals surface area (Å²) in [5.74, 6) is 0.404. The Bertz CT molecular complexity index is 578. The number of hydrogen-bond acceptors (Lipinski definition) is 5.